The number of carbonyl (C=O) groups is 1. The minimum absolute atomic E-state index is 0.0793. The van der Waals surface area contributed by atoms with Crippen LogP contribution in [0.15, 0.2) is 12.1 Å². The summed E-state index contributed by atoms with van der Waals surface area (Å²) in [4.78, 5) is 11.9. The zero-order valence-electron chi connectivity index (χ0n) is 10.4. The Labute approximate surface area is 96.7 Å². The molecular formula is C14H19FO. The lowest BCUT2D eigenvalue weighted by Crippen LogP contribution is -2.09. The van der Waals surface area contributed by atoms with Crippen LogP contribution in [-0.4, -0.2) is 5.78 Å². The van der Waals surface area contributed by atoms with E-state index in [2.05, 4.69) is 0 Å². The molecule has 1 aromatic rings. The van der Waals surface area contributed by atoms with Gasteiger partial charge in [-0.25, -0.2) is 4.39 Å². The summed E-state index contributed by atoms with van der Waals surface area (Å²) in [6, 6.07) is 3.28. The maximum Gasteiger partial charge on any atom is 0.166 e. The third kappa shape index (κ3) is 2.91. The summed E-state index contributed by atoms with van der Waals surface area (Å²) in [7, 11) is 0. The third-order valence-corrected chi connectivity index (χ3v) is 2.94. The Morgan fingerprint density at radius 2 is 2.00 bits per heavy atom. The van der Waals surface area contributed by atoms with Crippen molar-refractivity contribution < 1.29 is 9.18 Å². The van der Waals surface area contributed by atoms with Crippen molar-refractivity contribution in [3.8, 4) is 0 Å². The van der Waals surface area contributed by atoms with Crippen LogP contribution in [0.25, 0.3) is 0 Å². The van der Waals surface area contributed by atoms with Crippen LogP contribution in [0.3, 0.4) is 0 Å². The number of hydrogen-bond acceptors (Lipinski definition) is 1. The molecular weight excluding hydrogens is 203 g/mol. The molecule has 0 aliphatic heterocycles. The van der Waals surface area contributed by atoms with E-state index < -0.39 is 0 Å². The maximum atomic E-state index is 13.7. The molecule has 0 aromatic heterocycles. The van der Waals surface area contributed by atoms with E-state index in [0.717, 1.165) is 17.5 Å². The van der Waals surface area contributed by atoms with Crippen LogP contribution in [0.5, 0.6) is 0 Å². The SMILES string of the molecule is CCC(C)CC(=O)c1c(C)cc(C)cc1F. The van der Waals surface area contributed by atoms with Gasteiger partial charge in [0.15, 0.2) is 5.78 Å². The summed E-state index contributed by atoms with van der Waals surface area (Å²) < 4.78 is 13.7. The topological polar surface area (TPSA) is 17.1 Å². The minimum Gasteiger partial charge on any atom is -0.294 e. The Kier molecular flexibility index (Phi) is 4.22. The van der Waals surface area contributed by atoms with Crippen molar-refractivity contribution in [2.45, 2.75) is 40.5 Å². The molecule has 0 saturated carbocycles. The van der Waals surface area contributed by atoms with Gasteiger partial charge in [-0.05, 0) is 37.0 Å². The molecule has 0 heterocycles. The molecule has 0 spiro atoms. The Hall–Kier alpha value is -1.18. The number of rotatable bonds is 4. The lowest BCUT2D eigenvalue weighted by Gasteiger charge is -2.11. The number of aryl methyl sites for hydroxylation is 2. The van der Waals surface area contributed by atoms with Crippen molar-refractivity contribution in [3.63, 3.8) is 0 Å². The van der Waals surface area contributed by atoms with Crippen LogP contribution >= 0.6 is 0 Å². The zero-order valence-corrected chi connectivity index (χ0v) is 10.4. The first-order valence-corrected chi connectivity index (χ1v) is 5.75. The number of halogens is 1. The number of ketones is 1. The van der Waals surface area contributed by atoms with E-state index in [1.807, 2.05) is 26.8 Å². The summed E-state index contributed by atoms with van der Waals surface area (Å²) in [6.07, 6.45) is 1.37. The second kappa shape index (κ2) is 5.24. The quantitative estimate of drug-likeness (QED) is 0.702. The molecule has 1 atom stereocenters. The average Bonchev–Trinajstić information content (AvgIpc) is 2.15. The highest BCUT2D eigenvalue weighted by Crippen LogP contribution is 2.20. The van der Waals surface area contributed by atoms with Crippen molar-refractivity contribution >= 4 is 5.78 Å². The number of Topliss-reactive ketones (excluding diaryl/α,β-unsaturated/α-hetero) is 1. The van der Waals surface area contributed by atoms with Gasteiger partial charge in [-0.1, -0.05) is 26.3 Å². The normalized spacial score (nSPS) is 12.6. The van der Waals surface area contributed by atoms with Gasteiger partial charge in [0.25, 0.3) is 0 Å². The van der Waals surface area contributed by atoms with Gasteiger partial charge in [0.2, 0.25) is 0 Å². The van der Waals surface area contributed by atoms with Crippen molar-refractivity contribution in [2.24, 2.45) is 5.92 Å². The van der Waals surface area contributed by atoms with Gasteiger partial charge < -0.3 is 0 Å². The van der Waals surface area contributed by atoms with E-state index in [0.29, 0.717) is 12.3 Å². The number of benzene rings is 1. The summed E-state index contributed by atoms with van der Waals surface area (Å²) in [6.45, 7) is 7.68. The van der Waals surface area contributed by atoms with Crippen molar-refractivity contribution in [3.05, 3.63) is 34.6 Å². The van der Waals surface area contributed by atoms with Crippen molar-refractivity contribution in [1.29, 1.82) is 0 Å². The molecule has 0 saturated heterocycles. The third-order valence-electron chi connectivity index (χ3n) is 2.94. The predicted octanol–water partition coefficient (Wildman–Crippen LogP) is 4.06. The molecule has 0 bridgehead atoms. The van der Waals surface area contributed by atoms with Crippen LogP contribution in [0, 0.1) is 25.6 Å². The molecule has 2 heteroatoms. The molecule has 0 amide bonds. The standard InChI is InChI=1S/C14H19FO/c1-5-9(2)8-13(16)14-11(4)6-10(3)7-12(14)15/h6-7,9H,5,8H2,1-4H3. The summed E-state index contributed by atoms with van der Waals surface area (Å²) >= 11 is 0. The second-order valence-corrected chi connectivity index (χ2v) is 4.58. The van der Waals surface area contributed by atoms with Crippen molar-refractivity contribution in [1.82, 2.24) is 0 Å². The fraction of sp³-hybridized carbons (Fsp3) is 0.500. The average molecular weight is 222 g/mol. The Morgan fingerprint density at radius 1 is 1.38 bits per heavy atom. The smallest absolute Gasteiger partial charge is 0.166 e. The van der Waals surface area contributed by atoms with E-state index in [1.165, 1.54) is 6.07 Å². The van der Waals surface area contributed by atoms with Crippen LogP contribution in [0.2, 0.25) is 0 Å². The van der Waals surface area contributed by atoms with Gasteiger partial charge in [-0.3, -0.25) is 4.79 Å². The lowest BCUT2D eigenvalue weighted by atomic mass is 9.94. The highest BCUT2D eigenvalue weighted by atomic mass is 19.1. The molecule has 88 valence electrons. The number of carbonyl (C=O) groups excluding carboxylic acids is 1. The van der Waals surface area contributed by atoms with Gasteiger partial charge in [0.05, 0.1) is 5.56 Å². The van der Waals surface area contributed by atoms with Crippen LogP contribution in [0.1, 0.15) is 48.2 Å². The van der Waals surface area contributed by atoms with Gasteiger partial charge in [0.1, 0.15) is 5.82 Å². The number of hydrogen-bond donors (Lipinski definition) is 0. The molecule has 0 aliphatic carbocycles. The fourth-order valence-electron chi connectivity index (χ4n) is 1.83. The molecule has 0 fully saturated rings. The summed E-state index contributed by atoms with van der Waals surface area (Å²) in [5.74, 6) is -0.150. The first-order valence-electron chi connectivity index (χ1n) is 5.75. The van der Waals surface area contributed by atoms with E-state index >= 15 is 0 Å². The van der Waals surface area contributed by atoms with Gasteiger partial charge in [-0.2, -0.15) is 0 Å². The lowest BCUT2D eigenvalue weighted by molar-refractivity contribution is 0.0959. The van der Waals surface area contributed by atoms with E-state index in [-0.39, 0.29) is 17.2 Å². The zero-order chi connectivity index (χ0) is 12.3. The monoisotopic (exact) mass is 222 g/mol. The molecule has 1 aromatic carbocycles. The molecule has 16 heavy (non-hydrogen) atoms. The highest BCUT2D eigenvalue weighted by Gasteiger charge is 2.17. The Balaban J connectivity index is 3.00. The van der Waals surface area contributed by atoms with Gasteiger partial charge >= 0.3 is 0 Å². The van der Waals surface area contributed by atoms with Crippen LogP contribution in [0.4, 0.5) is 4.39 Å². The molecule has 0 radical (unpaired) electrons. The van der Waals surface area contributed by atoms with Gasteiger partial charge in [0, 0.05) is 6.42 Å². The molecule has 1 unspecified atom stereocenters. The maximum absolute atomic E-state index is 13.7. The summed E-state index contributed by atoms with van der Waals surface area (Å²) in [5, 5.41) is 0. The van der Waals surface area contributed by atoms with Crippen molar-refractivity contribution in [2.75, 3.05) is 0 Å². The van der Waals surface area contributed by atoms with Crippen LogP contribution < -0.4 is 0 Å². The summed E-state index contributed by atoms with van der Waals surface area (Å²) in [5.41, 5.74) is 1.87. The minimum atomic E-state index is -0.384. The van der Waals surface area contributed by atoms with E-state index in [4.69, 9.17) is 0 Å². The largest absolute Gasteiger partial charge is 0.294 e. The fourth-order valence-corrected chi connectivity index (χ4v) is 1.83. The molecule has 0 aliphatic rings. The van der Waals surface area contributed by atoms with E-state index in [1.54, 1.807) is 6.92 Å². The van der Waals surface area contributed by atoms with Crippen LogP contribution in [-0.2, 0) is 0 Å². The molecule has 1 nitrogen and oxygen atoms in total. The highest BCUT2D eigenvalue weighted by molar-refractivity contribution is 5.97. The first kappa shape index (κ1) is 12.9. The Morgan fingerprint density at radius 3 is 2.50 bits per heavy atom. The molecule has 0 N–H and O–H groups in total. The van der Waals surface area contributed by atoms with Gasteiger partial charge in [-0.15, -0.1) is 0 Å². The Bertz CT molecular complexity index is 373. The molecule has 1 rings (SSSR count). The second-order valence-electron chi connectivity index (χ2n) is 4.58. The predicted molar refractivity (Wildman–Crippen MR) is 64.3 cm³/mol. The first-order chi connectivity index (χ1) is 7.45. The van der Waals surface area contributed by atoms with E-state index in [9.17, 15) is 9.18 Å².